The lowest BCUT2D eigenvalue weighted by Gasteiger charge is -2.25. The van der Waals surface area contributed by atoms with E-state index in [4.69, 9.17) is 21.7 Å². The molecule has 5 nitrogen and oxygen atoms in total. The summed E-state index contributed by atoms with van der Waals surface area (Å²) in [5.74, 6) is -0.175. The smallest absolute Gasteiger partial charge is 0.333 e. The quantitative estimate of drug-likeness (QED) is 0.154. The third-order valence-corrected chi connectivity index (χ3v) is 7.62. The van der Waals surface area contributed by atoms with Gasteiger partial charge in [-0.05, 0) is 40.7 Å². The lowest BCUT2D eigenvalue weighted by molar-refractivity contribution is -0.151. The molecule has 1 aliphatic heterocycles. The van der Waals surface area contributed by atoms with Gasteiger partial charge in [-0.25, -0.2) is 4.79 Å². The van der Waals surface area contributed by atoms with Crippen LogP contribution in [0.4, 0.5) is 0 Å². The van der Waals surface area contributed by atoms with Crippen LogP contribution in [0.5, 0.6) is 5.75 Å². The molecule has 3 aromatic carbocycles. The Morgan fingerprint density at radius 3 is 2.33 bits per heavy atom. The Bertz CT molecular complexity index is 1360. The summed E-state index contributed by atoms with van der Waals surface area (Å²) in [6, 6.07) is 24.2. The van der Waals surface area contributed by atoms with Gasteiger partial charge in [-0.1, -0.05) is 124 Å². The van der Waals surface area contributed by atoms with Crippen LogP contribution in [-0.2, 0) is 26.3 Å². The molecule has 202 valence electrons. The number of thiocarbonyl (C=S) groups is 1. The summed E-state index contributed by atoms with van der Waals surface area (Å²) in [5.41, 5.74) is 3.82. The number of ether oxygens (including phenoxy) is 2. The van der Waals surface area contributed by atoms with Crippen LogP contribution in [0.15, 0.2) is 83.8 Å². The molecule has 0 N–H and O–H groups in total. The highest BCUT2D eigenvalue weighted by Gasteiger charge is 2.42. The standard InChI is InChI=1S/C32H33NO4S2/c1-5-19-36-30(35)28(23-11-7-6-8-12-23)33-29(34)27(39-31(33)38)20-24-13-9-10-14-26(24)37-21-22-15-17-25(18-16-22)32(2,3)4/h6-18,20,28H,5,19,21H2,1-4H3/b27-20+. The molecule has 0 aromatic heterocycles. The number of amides is 1. The third-order valence-electron chi connectivity index (χ3n) is 6.29. The lowest BCUT2D eigenvalue weighted by atomic mass is 9.87. The largest absolute Gasteiger partial charge is 0.488 e. The summed E-state index contributed by atoms with van der Waals surface area (Å²) in [6.45, 7) is 9.16. The van der Waals surface area contributed by atoms with Gasteiger partial charge in [-0.3, -0.25) is 9.69 Å². The van der Waals surface area contributed by atoms with E-state index in [1.165, 1.54) is 22.2 Å². The van der Waals surface area contributed by atoms with Gasteiger partial charge < -0.3 is 9.47 Å². The van der Waals surface area contributed by atoms with Gasteiger partial charge in [-0.15, -0.1) is 0 Å². The van der Waals surface area contributed by atoms with Crippen LogP contribution in [0.3, 0.4) is 0 Å². The van der Waals surface area contributed by atoms with Crippen molar-refractivity contribution in [3.63, 3.8) is 0 Å². The number of rotatable bonds is 9. The van der Waals surface area contributed by atoms with Gasteiger partial charge in [0.25, 0.3) is 5.91 Å². The first-order valence-electron chi connectivity index (χ1n) is 13.0. The van der Waals surface area contributed by atoms with E-state index >= 15 is 0 Å². The molecule has 4 rings (SSSR count). The molecule has 7 heteroatoms. The highest BCUT2D eigenvalue weighted by atomic mass is 32.2. The highest BCUT2D eigenvalue weighted by molar-refractivity contribution is 8.26. The number of esters is 1. The molecular formula is C32H33NO4S2. The number of nitrogens with zero attached hydrogens (tertiary/aromatic N) is 1. The van der Waals surface area contributed by atoms with Crippen LogP contribution in [0.2, 0.25) is 0 Å². The SMILES string of the molecule is CCCOC(=O)C(c1ccccc1)N1C(=O)/C(=C\c2ccccc2OCc2ccc(C(C)(C)C)cc2)SC1=S. The summed E-state index contributed by atoms with van der Waals surface area (Å²) in [4.78, 5) is 28.5. The number of hydrogen-bond acceptors (Lipinski definition) is 6. The van der Waals surface area contributed by atoms with Crippen LogP contribution in [-0.4, -0.2) is 27.7 Å². The van der Waals surface area contributed by atoms with Crippen LogP contribution >= 0.6 is 24.0 Å². The van der Waals surface area contributed by atoms with Gasteiger partial charge in [0, 0.05) is 5.56 Å². The second-order valence-corrected chi connectivity index (χ2v) is 12.0. The van der Waals surface area contributed by atoms with E-state index < -0.39 is 12.0 Å². The normalized spacial score (nSPS) is 15.5. The fraction of sp³-hybridized carbons (Fsp3) is 0.281. The van der Waals surface area contributed by atoms with Crippen LogP contribution < -0.4 is 4.74 Å². The van der Waals surface area contributed by atoms with Gasteiger partial charge >= 0.3 is 5.97 Å². The summed E-state index contributed by atoms with van der Waals surface area (Å²) in [5, 5.41) is 0. The van der Waals surface area contributed by atoms with Crippen molar-refractivity contribution in [2.45, 2.75) is 52.2 Å². The Morgan fingerprint density at radius 1 is 1.00 bits per heavy atom. The number of thioether (sulfide) groups is 1. The Kier molecular flexibility index (Phi) is 9.25. The third kappa shape index (κ3) is 6.97. The second-order valence-electron chi connectivity index (χ2n) is 10.3. The fourth-order valence-corrected chi connectivity index (χ4v) is 5.45. The van der Waals surface area contributed by atoms with Crippen molar-refractivity contribution in [2.24, 2.45) is 0 Å². The summed E-state index contributed by atoms with van der Waals surface area (Å²) >= 11 is 6.77. The molecule has 39 heavy (non-hydrogen) atoms. The molecular weight excluding hydrogens is 526 g/mol. The predicted molar refractivity (Wildman–Crippen MR) is 161 cm³/mol. The topological polar surface area (TPSA) is 55.8 Å². The Balaban J connectivity index is 1.56. The van der Waals surface area contributed by atoms with E-state index in [-0.39, 0.29) is 17.9 Å². The molecule has 1 atom stereocenters. The summed E-state index contributed by atoms with van der Waals surface area (Å²) in [7, 11) is 0. The van der Waals surface area contributed by atoms with E-state index in [0.29, 0.717) is 33.6 Å². The zero-order valence-electron chi connectivity index (χ0n) is 22.7. The van der Waals surface area contributed by atoms with Crippen molar-refractivity contribution in [1.82, 2.24) is 4.90 Å². The average Bonchev–Trinajstić information content (AvgIpc) is 3.19. The molecule has 1 aliphatic rings. The molecule has 0 aliphatic carbocycles. The van der Waals surface area contributed by atoms with Crippen molar-refractivity contribution in [1.29, 1.82) is 0 Å². The van der Waals surface area contributed by atoms with Gasteiger partial charge in [0.2, 0.25) is 0 Å². The van der Waals surface area contributed by atoms with Crippen molar-refractivity contribution in [3.8, 4) is 5.75 Å². The zero-order valence-corrected chi connectivity index (χ0v) is 24.3. The first kappa shape index (κ1) is 28.6. The molecule has 0 radical (unpaired) electrons. The molecule has 1 amide bonds. The van der Waals surface area contributed by atoms with Crippen LogP contribution in [0, 0.1) is 0 Å². The Hall–Kier alpha value is -3.42. The van der Waals surface area contributed by atoms with Gasteiger partial charge in [0.1, 0.15) is 16.7 Å². The van der Waals surface area contributed by atoms with E-state index in [1.54, 1.807) is 18.2 Å². The molecule has 0 bridgehead atoms. The van der Waals surface area contributed by atoms with Gasteiger partial charge in [-0.2, -0.15) is 0 Å². The lowest BCUT2D eigenvalue weighted by Crippen LogP contribution is -2.38. The zero-order chi connectivity index (χ0) is 28.0. The predicted octanol–water partition coefficient (Wildman–Crippen LogP) is 7.46. The van der Waals surface area contributed by atoms with Crippen molar-refractivity contribution >= 4 is 46.3 Å². The summed E-state index contributed by atoms with van der Waals surface area (Å²) in [6.07, 6.45) is 2.46. The maximum atomic E-state index is 13.6. The number of hydrogen-bond donors (Lipinski definition) is 0. The first-order chi connectivity index (χ1) is 18.7. The van der Waals surface area contributed by atoms with Crippen LogP contribution in [0.25, 0.3) is 6.08 Å². The minimum atomic E-state index is -0.946. The number of benzene rings is 3. The first-order valence-corrected chi connectivity index (χ1v) is 14.2. The van der Waals surface area contributed by atoms with E-state index in [9.17, 15) is 9.59 Å². The van der Waals surface area contributed by atoms with Gasteiger partial charge in [0.05, 0.1) is 11.5 Å². The Morgan fingerprint density at radius 2 is 1.67 bits per heavy atom. The molecule has 1 fully saturated rings. The van der Waals surface area contributed by atoms with Crippen molar-refractivity contribution < 1.29 is 19.1 Å². The van der Waals surface area contributed by atoms with Crippen LogP contribution in [0.1, 0.15) is 62.4 Å². The maximum Gasteiger partial charge on any atom is 0.333 e. The number of carbonyl (C=O) groups is 2. The minimum absolute atomic E-state index is 0.0877. The molecule has 0 saturated carbocycles. The molecule has 1 heterocycles. The molecule has 3 aromatic rings. The van der Waals surface area contributed by atoms with E-state index in [1.807, 2.05) is 49.4 Å². The maximum absolute atomic E-state index is 13.6. The van der Waals surface area contributed by atoms with Crippen molar-refractivity contribution in [3.05, 3.63) is 106 Å². The molecule has 1 saturated heterocycles. The fourth-order valence-electron chi connectivity index (χ4n) is 4.14. The van der Waals surface area contributed by atoms with E-state index in [0.717, 1.165) is 11.1 Å². The minimum Gasteiger partial charge on any atom is -0.488 e. The summed E-state index contributed by atoms with van der Waals surface area (Å²) < 4.78 is 11.9. The van der Waals surface area contributed by atoms with E-state index in [2.05, 4.69) is 45.0 Å². The highest BCUT2D eigenvalue weighted by Crippen LogP contribution is 2.39. The average molecular weight is 560 g/mol. The molecule has 1 unspecified atom stereocenters. The Labute approximate surface area is 240 Å². The number of carbonyl (C=O) groups excluding carboxylic acids is 2. The number of para-hydroxylation sites is 1. The van der Waals surface area contributed by atoms with Gasteiger partial charge in [0.15, 0.2) is 6.04 Å². The monoisotopic (exact) mass is 559 g/mol. The van der Waals surface area contributed by atoms with Crippen molar-refractivity contribution in [2.75, 3.05) is 6.61 Å². The second kappa shape index (κ2) is 12.6. The molecule has 0 spiro atoms.